The zero-order valence-corrected chi connectivity index (χ0v) is 12.1. The van der Waals surface area contributed by atoms with Crippen LogP contribution in [-0.2, 0) is 14.3 Å². The molecule has 1 atom stereocenters. The van der Waals surface area contributed by atoms with Crippen LogP contribution in [0.4, 0.5) is 0 Å². The van der Waals surface area contributed by atoms with Crippen LogP contribution < -0.4 is 5.73 Å². The van der Waals surface area contributed by atoms with Gasteiger partial charge < -0.3 is 10.5 Å². The maximum Gasteiger partial charge on any atom is 0.236 e. The van der Waals surface area contributed by atoms with Gasteiger partial charge in [0.25, 0.3) is 0 Å². The van der Waals surface area contributed by atoms with Crippen molar-refractivity contribution < 1.29 is 14.3 Å². The molecule has 0 radical (unpaired) electrons. The lowest BCUT2D eigenvalue weighted by Crippen LogP contribution is -2.59. The summed E-state index contributed by atoms with van der Waals surface area (Å²) in [7, 11) is 0. The summed E-state index contributed by atoms with van der Waals surface area (Å²) < 4.78 is 5.35. The predicted molar refractivity (Wildman–Crippen MR) is 71.3 cm³/mol. The van der Waals surface area contributed by atoms with E-state index in [1.807, 2.05) is 20.8 Å². The highest BCUT2D eigenvalue weighted by Crippen LogP contribution is 2.44. The van der Waals surface area contributed by atoms with Crippen LogP contribution in [0.5, 0.6) is 0 Å². The van der Waals surface area contributed by atoms with Crippen molar-refractivity contribution in [1.29, 1.82) is 0 Å². The van der Waals surface area contributed by atoms with Gasteiger partial charge in [0.15, 0.2) is 0 Å². The molecule has 0 saturated carbocycles. The third-order valence-electron chi connectivity index (χ3n) is 5.01. The van der Waals surface area contributed by atoms with Crippen LogP contribution in [0.3, 0.4) is 0 Å². The summed E-state index contributed by atoms with van der Waals surface area (Å²) in [6.45, 7) is 7.32. The zero-order valence-electron chi connectivity index (χ0n) is 12.1. The van der Waals surface area contributed by atoms with Crippen LogP contribution in [0.15, 0.2) is 0 Å². The van der Waals surface area contributed by atoms with Crippen molar-refractivity contribution in [3.63, 3.8) is 0 Å². The number of carbonyl (C=O) groups is 2. The third-order valence-corrected chi connectivity index (χ3v) is 5.01. The molecule has 2 N–H and O–H groups in total. The number of nitrogens with zero attached hydrogens (tertiary/aromatic N) is 1. The Labute approximate surface area is 114 Å². The quantitative estimate of drug-likeness (QED) is 0.772. The standard InChI is InChI=1S/C14H24N2O3/c1-10(2)13(3)8-11(17)16(12(13)18)14(9-15)4-6-19-7-5-14/h10H,4-9,15H2,1-3H3. The minimum Gasteiger partial charge on any atom is -0.381 e. The smallest absolute Gasteiger partial charge is 0.236 e. The van der Waals surface area contributed by atoms with E-state index in [0.29, 0.717) is 39.0 Å². The maximum atomic E-state index is 12.8. The average molecular weight is 268 g/mol. The van der Waals surface area contributed by atoms with Crippen LogP contribution in [0.1, 0.15) is 40.0 Å². The lowest BCUT2D eigenvalue weighted by atomic mass is 9.77. The minimum absolute atomic E-state index is 0.0557. The van der Waals surface area contributed by atoms with Gasteiger partial charge in [0.1, 0.15) is 0 Å². The fourth-order valence-electron chi connectivity index (χ4n) is 3.04. The van der Waals surface area contributed by atoms with E-state index in [1.165, 1.54) is 4.90 Å². The first-order valence-corrected chi connectivity index (χ1v) is 7.03. The van der Waals surface area contributed by atoms with Gasteiger partial charge in [-0.1, -0.05) is 13.8 Å². The van der Waals surface area contributed by atoms with Crippen LogP contribution in [0.2, 0.25) is 0 Å². The molecule has 2 aliphatic rings. The third kappa shape index (κ3) is 2.09. The molecule has 2 aliphatic heterocycles. The number of nitrogens with two attached hydrogens (primary N) is 1. The summed E-state index contributed by atoms with van der Waals surface area (Å²) in [6, 6.07) is 0. The molecule has 0 aromatic carbocycles. The minimum atomic E-state index is -0.586. The second-order valence-electron chi connectivity index (χ2n) is 6.32. The van der Waals surface area contributed by atoms with Gasteiger partial charge in [-0.25, -0.2) is 0 Å². The molecule has 2 heterocycles. The fourth-order valence-corrected chi connectivity index (χ4v) is 3.04. The molecule has 1 unspecified atom stereocenters. The topological polar surface area (TPSA) is 72.6 Å². The zero-order chi connectivity index (χ0) is 14.3. The van der Waals surface area contributed by atoms with E-state index in [9.17, 15) is 9.59 Å². The van der Waals surface area contributed by atoms with Crippen molar-refractivity contribution in [2.45, 2.75) is 45.6 Å². The Morgan fingerprint density at radius 3 is 2.32 bits per heavy atom. The Kier molecular flexibility index (Phi) is 3.71. The molecule has 0 bridgehead atoms. The number of ether oxygens (including phenoxy) is 1. The maximum absolute atomic E-state index is 12.8. The predicted octanol–water partition coefficient (Wildman–Crippen LogP) is 0.915. The highest BCUT2D eigenvalue weighted by atomic mass is 16.5. The molecular weight excluding hydrogens is 244 g/mol. The monoisotopic (exact) mass is 268 g/mol. The molecule has 0 aromatic rings. The van der Waals surface area contributed by atoms with Gasteiger partial charge >= 0.3 is 0 Å². The number of rotatable bonds is 3. The molecule has 108 valence electrons. The molecule has 5 heteroatoms. The molecule has 0 spiro atoms. The SMILES string of the molecule is CC(C)C1(C)CC(=O)N(C2(CN)CCOCC2)C1=O. The number of hydrogen-bond donors (Lipinski definition) is 1. The first-order valence-electron chi connectivity index (χ1n) is 7.03. The summed E-state index contributed by atoms with van der Waals surface area (Å²) >= 11 is 0. The highest BCUT2D eigenvalue weighted by molar-refractivity contribution is 6.06. The number of carbonyl (C=O) groups excluding carboxylic acids is 2. The summed E-state index contributed by atoms with van der Waals surface area (Å²) in [4.78, 5) is 26.6. The van der Waals surface area contributed by atoms with E-state index in [2.05, 4.69) is 0 Å². The van der Waals surface area contributed by atoms with E-state index in [4.69, 9.17) is 10.5 Å². The van der Waals surface area contributed by atoms with Crippen molar-refractivity contribution >= 4 is 11.8 Å². The number of likely N-dealkylation sites (tertiary alicyclic amines) is 1. The summed E-state index contributed by atoms with van der Waals surface area (Å²) in [5.41, 5.74) is 4.79. The number of imide groups is 1. The summed E-state index contributed by atoms with van der Waals surface area (Å²) in [6.07, 6.45) is 1.59. The molecule has 2 amide bonds. The van der Waals surface area contributed by atoms with Gasteiger partial charge in [0.05, 0.1) is 11.0 Å². The molecule has 2 saturated heterocycles. The number of amides is 2. The Bertz CT molecular complexity index is 388. The van der Waals surface area contributed by atoms with Crippen molar-refractivity contribution in [3.8, 4) is 0 Å². The Balaban J connectivity index is 2.34. The molecular formula is C14H24N2O3. The van der Waals surface area contributed by atoms with Gasteiger partial charge in [0.2, 0.25) is 11.8 Å². The molecule has 5 nitrogen and oxygen atoms in total. The van der Waals surface area contributed by atoms with Crippen molar-refractivity contribution in [1.82, 2.24) is 4.90 Å². The summed E-state index contributed by atoms with van der Waals surface area (Å²) in [5, 5.41) is 0. The normalized spacial score (nSPS) is 31.3. The van der Waals surface area contributed by atoms with E-state index in [-0.39, 0.29) is 17.7 Å². The molecule has 0 aliphatic carbocycles. The fraction of sp³-hybridized carbons (Fsp3) is 0.857. The van der Waals surface area contributed by atoms with Gasteiger partial charge in [-0.05, 0) is 25.7 Å². The summed E-state index contributed by atoms with van der Waals surface area (Å²) in [5.74, 6) is 0.0111. The van der Waals surface area contributed by atoms with Gasteiger partial charge in [0, 0.05) is 26.2 Å². The first kappa shape index (κ1) is 14.5. The lowest BCUT2D eigenvalue weighted by molar-refractivity contribution is -0.152. The van der Waals surface area contributed by atoms with Gasteiger partial charge in [-0.15, -0.1) is 0 Å². The van der Waals surface area contributed by atoms with Crippen molar-refractivity contribution in [2.24, 2.45) is 17.1 Å². The average Bonchev–Trinajstić information content (AvgIpc) is 2.62. The molecule has 19 heavy (non-hydrogen) atoms. The van der Waals surface area contributed by atoms with E-state index in [0.717, 1.165) is 0 Å². The Morgan fingerprint density at radius 2 is 1.89 bits per heavy atom. The Hall–Kier alpha value is -0.940. The van der Waals surface area contributed by atoms with Gasteiger partial charge in [-0.3, -0.25) is 14.5 Å². The molecule has 0 aromatic heterocycles. The van der Waals surface area contributed by atoms with Crippen molar-refractivity contribution in [2.75, 3.05) is 19.8 Å². The van der Waals surface area contributed by atoms with Crippen LogP contribution in [0, 0.1) is 11.3 Å². The second-order valence-corrected chi connectivity index (χ2v) is 6.32. The van der Waals surface area contributed by atoms with E-state index >= 15 is 0 Å². The van der Waals surface area contributed by atoms with Crippen LogP contribution in [0.25, 0.3) is 0 Å². The second kappa shape index (κ2) is 4.87. The first-order chi connectivity index (χ1) is 8.87. The lowest BCUT2D eigenvalue weighted by Gasteiger charge is -2.43. The van der Waals surface area contributed by atoms with Crippen LogP contribution in [-0.4, -0.2) is 42.0 Å². The van der Waals surface area contributed by atoms with E-state index < -0.39 is 11.0 Å². The van der Waals surface area contributed by atoms with Crippen LogP contribution >= 0.6 is 0 Å². The largest absolute Gasteiger partial charge is 0.381 e. The molecule has 2 rings (SSSR count). The molecule has 2 fully saturated rings. The Morgan fingerprint density at radius 1 is 1.32 bits per heavy atom. The highest BCUT2D eigenvalue weighted by Gasteiger charge is 2.56. The number of hydrogen-bond acceptors (Lipinski definition) is 4. The van der Waals surface area contributed by atoms with Gasteiger partial charge in [-0.2, -0.15) is 0 Å². The van der Waals surface area contributed by atoms with E-state index in [1.54, 1.807) is 0 Å². The van der Waals surface area contributed by atoms with Crippen molar-refractivity contribution in [3.05, 3.63) is 0 Å².